The van der Waals surface area contributed by atoms with Gasteiger partial charge in [-0.3, -0.25) is 0 Å². The van der Waals surface area contributed by atoms with Gasteiger partial charge in [0.05, 0.1) is 17.6 Å². The predicted octanol–water partition coefficient (Wildman–Crippen LogP) is 2.20. The van der Waals surface area contributed by atoms with Crippen LogP contribution in [0, 0.1) is 13.8 Å². The van der Waals surface area contributed by atoms with Gasteiger partial charge in [0.1, 0.15) is 0 Å². The van der Waals surface area contributed by atoms with E-state index in [0.717, 1.165) is 12.2 Å². The third kappa shape index (κ3) is 3.62. The van der Waals surface area contributed by atoms with Crippen LogP contribution in [0.1, 0.15) is 23.8 Å². The molecule has 0 radical (unpaired) electrons. The molecule has 0 atom stereocenters. The normalized spacial score (nSPS) is 11.6. The molecule has 21 heavy (non-hydrogen) atoms. The summed E-state index contributed by atoms with van der Waals surface area (Å²) in [5, 5.41) is 6.73. The van der Waals surface area contributed by atoms with E-state index in [1.165, 1.54) is 6.20 Å². The summed E-state index contributed by atoms with van der Waals surface area (Å²) in [5.41, 5.74) is 2.33. The highest BCUT2D eigenvalue weighted by atomic mass is 32.2. The summed E-state index contributed by atoms with van der Waals surface area (Å²) in [6.07, 6.45) is 1.48. The Kier molecular flexibility index (Phi) is 4.64. The maximum absolute atomic E-state index is 12.4. The van der Waals surface area contributed by atoms with E-state index in [0.29, 0.717) is 21.8 Å². The summed E-state index contributed by atoms with van der Waals surface area (Å²) in [5.74, 6) is 0.471. The minimum absolute atomic E-state index is 0.0795. The smallest absolute Gasteiger partial charge is 0.241 e. The molecule has 1 aromatic carbocycles. The van der Waals surface area contributed by atoms with Gasteiger partial charge in [0.25, 0.3) is 0 Å². The molecule has 114 valence electrons. The first-order valence-electron chi connectivity index (χ1n) is 6.68. The van der Waals surface area contributed by atoms with Crippen molar-refractivity contribution in [2.24, 2.45) is 0 Å². The Morgan fingerprint density at radius 2 is 1.90 bits per heavy atom. The lowest BCUT2D eigenvalue weighted by Crippen LogP contribution is -2.24. The van der Waals surface area contributed by atoms with Gasteiger partial charge in [-0.05, 0) is 44.0 Å². The van der Waals surface area contributed by atoms with E-state index in [2.05, 4.69) is 15.2 Å². The van der Waals surface area contributed by atoms with Gasteiger partial charge in [0, 0.05) is 18.3 Å². The molecule has 2 N–H and O–H groups in total. The van der Waals surface area contributed by atoms with Crippen LogP contribution < -0.4 is 10.0 Å². The van der Waals surface area contributed by atoms with Gasteiger partial charge in [-0.1, -0.05) is 5.16 Å². The van der Waals surface area contributed by atoms with Gasteiger partial charge in [-0.25, -0.2) is 13.1 Å². The molecule has 7 heteroatoms. The fraction of sp³-hybridized carbons (Fsp3) is 0.357. The standard InChI is InChI=1S/C14H19N3O3S/c1-4-15-12-7-10(2)14(11(3)8-12)21(18,19)17-9-13-5-6-16-20-13/h5-8,15,17H,4,9H2,1-3H3. The average molecular weight is 309 g/mol. The highest BCUT2D eigenvalue weighted by Crippen LogP contribution is 2.24. The first-order valence-corrected chi connectivity index (χ1v) is 8.16. The molecule has 1 heterocycles. The summed E-state index contributed by atoms with van der Waals surface area (Å²) >= 11 is 0. The van der Waals surface area contributed by atoms with E-state index in [1.807, 2.05) is 19.1 Å². The van der Waals surface area contributed by atoms with Crippen molar-refractivity contribution in [3.05, 3.63) is 41.3 Å². The number of hydrogen-bond acceptors (Lipinski definition) is 5. The fourth-order valence-electron chi connectivity index (χ4n) is 2.25. The summed E-state index contributed by atoms with van der Waals surface area (Å²) in [4.78, 5) is 0.309. The van der Waals surface area contributed by atoms with Crippen molar-refractivity contribution in [1.29, 1.82) is 0 Å². The molecule has 0 aliphatic rings. The summed E-state index contributed by atoms with van der Waals surface area (Å²) < 4.78 is 32.3. The van der Waals surface area contributed by atoms with E-state index < -0.39 is 10.0 Å². The second-order valence-corrected chi connectivity index (χ2v) is 6.48. The monoisotopic (exact) mass is 309 g/mol. The second kappa shape index (κ2) is 6.28. The van der Waals surface area contributed by atoms with Crippen molar-refractivity contribution in [3.8, 4) is 0 Å². The molecular weight excluding hydrogens is 290 g/mol. The molecule has 0 spiro atoms. The van der Waals surface area contributed by atoms with E-state index in [4.69, 9.17) is 4.52 Å². The molecule has 0 saturated heterocycles. The van der Waals surface area contributed by atoms with E-state index in [1.54, 1.807) is 19.9 Å². The van der Waals surface area contributed by atoms with Crippen LogP contribution in [-0.2, 0) is 16.6 Å². The minimum Gasteiger partial charge on any atom is -0.385 e. The largest absolute Gasteiger partial charge is 0.385 e. The van der Waals surface area contributed by atoms with Crippen LogP contribution in [0.2, 0.25) is 0 Å². The van der Waals surface area contributed by atoms with E-state index >= 15 is 0 Å². The molecule has 0 fully saturated rings. The maximum atomic E-state index is 12.4. The molecule has 1 aromatic heterocycles. The molecular formula is C14H19N3O3S. The van der Waals surface area contributed by atoms with Crippen LogP contribution in [0.15, 0.2) is 33.8 Å². The molecule has 6 nitrogen and oxygen atoms in total. The van der Waals surface area contributed by atoms with Gasteiger partial charge in [-0.2, -0.15) is 0 Å². The molecule has 0 aliphatic heterocycles. The molecule has 0 aliphatic carbocycles. The zero-order valence-corrected chi connectivity index (χ0v) is 13.1. The lowest BCUT2D eigenvalue weighted by molar-refractivity contribution is 0.380. The first kappa shape index (κ1) is 15.5. The van der Waals surface area contributed by atoms with E-state index in [-0.39, 0.29) is 6.54 Å². The van der Waals surface area contributed by atoms with Crippen LogP contribution in [-0.4, -0.2) is 20.1 Å². The summed E-state index contributed by atoms with van der Waals surface area (Å²) in [7, 11) is -3.59. The lowest BCUT2D eigenvalue weighted by atomic mass is 10.1. The topological polar surface area (TPSA) is 84.2 Å². The summed E-state index contributed by atoms with van der Waals surface area (Å²) in [6, 6.07) is 5.29. The minimum atomic E-state index is -3.59. The number of anilines is 1. The van der Waals surface area contributed by atoms with Gasteiger partial charge in [0.15, 0.2) is 5.76 Å². The van der Waals surface area contributed by atoms with Crippen molar-refractivity contribution in [3.63, 3.8) is 0 Å². The molecule has 0 amide bonds. The molecule has 2 rings (SSSR count). The Hall–Kier alpha value is -1.86. The molecule has 0 unspecified atom stereocenters. The molecule has 0 bridgehead atoms. The van der Waals surface area contributed by atoms with Crippen LogP contribution in [0.4, 0.5) is 5.69 Å². The molecule has 2 aromatic rings. The Balaban J connectivity index is 2.27. The van der Waals surface area contributed by atoms with E-state index in [9.17, 15) is 8.42 Å². The van der Waals surface area contributed by atoms with Gasteiger partial charge >= 0.3 is 0 Å². The van der Waals surface area contributed by atoms with Crippen molar-refractivity contribution in [1.82, 2.24) is 9.88 Å². The van der Waals surface area contributed by atoms with Gasteiger partial charge in [0.2, 0.25) is 10.0 Å². The maximum Gasteiger partial charge on any atom is 0.241 e. The second-order valence-electron chi connectivity index (χ2n) is 4.77. The highest BCUT2D eigenvalue weighted by Gasteiger charge is 2.20. The third-order valence-corrected chi connectivity index (χ3v) is 4.74. The Labute approximate surface area is 124 Å². The zero-order valence-electron chi connectivity index (χ0n) is 12.3. The number of benzene rings is 1. The number of nitrogens with one attached hydrogen (secondary N) is 2. The highest BCUT2D eigenvalue weighted by molar-refractivity contribution is 7.89. The lowest BCUT2D eigenvalue weighted by Gasteiger charge is -2.14. The Bertz CT molecular complexity index is 686. The number of aromatic nitrogens is 1. The van der Waals surface area contributed by atoms with Gasteiger partial charge < -0.3 is 9.84 Å². The number of rotatable bonds is 6. The predicted molar refractivity (Wildman–Crippen MR) is 80.6 cm³/mol. The first-order chi connectivity index (χ1) is 9.94. The fourth-order valence-corrected chi connectivity index (χ4v) is 3.69. The van der Waals surface area contributed by atoms with Crippen molar-refractivity contribution in [2.45, 2.75) is 32.2 Å². The van der Waals surface area contributed by atoms with Crippen LogP contribution >= 0.6 is 0 Å². The number of sulfonamides is 1. The van der Waals surface area contributed by atoms with Crippen LogP contribution in [0.5, 0.6) is 0 Å². The van der Waals surface area contributed by atoms with Crippen molar-refractivity contribution >= 4 is 15.7 Å². The Morgan fingerprint density at radius 3 is 2.43 bits per heavy atom. The van der Waals surface area contributed by atoms with Crippen molar-refractivity contribution < 1.29 is 12.9 Å². The zero-order chi connectivity index (χ0) is 15.5. The average Bonchev–Trinajstić information content (AvgIpc) is 2.88. The number of hydrogen-bond donors (Lipinski definition) is 2. The number of aryl methyl sites for hydroxylation is 2. The van der Waals surface area contributed by atoms with Gasteiger partial charge in [-0.15, -0.1) is 0 Å². The van der Waals surface area contributed by atoms with Crippen LogP contribution in [0.25, 0.3) is 0 Å². The SMILES string of the molecule is CCNc1cc(C)c(S(=O)(=O)NCc2ccno2)c(C)c1. The number of nitrogens with zero attached hydrogens (tertiary/aromatic N) is 1. The molecule has 0 saturated carbocycles. The summed E-state index contributed by atoms with van der Waals surface area (Å²) in [6.45, 7) is 6.44. The Morgan fingerprint density at radius 1 is 1.24 bits per heavy atom. The third-order valence-electron chi connectivity index (χ3n) is 3.04. The van der Waals surface area contributed by atoms with Crippen molar-refractivity contribution in [2.75, 3.05) is 11.9 Å². The van der Waals surface area contributed by atoms with Crippen LogP contribution in [0.3, 0.4) is 0 Å². The quantitative estimate of drug-likeness (QED) is 0.854.